The summed E-state index contributed by atoms with van der Waals surface area (Å²) in [4.78, 5) is 14.6. The molecule has 2 rings (SSSR count). The highest BCUT2D eigenvalue weighted by molar-refractivity contribution is 9.10. The van der Waals surface area contributed by atoms with Crippen LogP contribution in [0.25, 0.3) is 0 Å². The number of hydrogen-bond donors (Lipinski definition) is 0. The van der Waals surface area contributed by atoms with Crippen LogP contribution in [0.2, 0.25) is 5.02 Å². The Morgan fingerprint density at radius 1 is 1.35 bits per heavy atom. The molecule has 1 aliphatic heterocycles. The Morgan fingerprint density at radius 2 is 2.10 bits per heavy atom. The zero-order valence-corrected chi connectivity index (χ0v) is 14.4. The number of carbonyl (C=O) groups is 1. The number of halogens is 2. The van der Waals surface area contributed by atoms with Gasteiger partial charge in [0.15, 0.2) is 0 Å². The quantitative estimate of drug-likeness (QED) is 0.728. The molecule has 0 aliphatic carbocycles. The van der Waals surface area contributed by atoms with Gasteiger partial charge >= 0.3 is 0 Å². The summed E-state index contributed by atoms with van der Waals surface area (Å²) in [6, 6.07) is 5.36. The Labute approximate surface area is 134 Å². The van der Waals surface area contributed by atoms with Crippen molar-refractivity contribution in [2.75, 3.05) is 13.1 Å². The zero-order chi connectivity index (χ0) is 14.7. The molecule has 0 spiro atoms. The Bertz CT molecular complexity index is 489. The second kappa shape index (κ2) is 6.95. The van der Waals surface area contributed by atoms with Gasteiger partial charge in [-0.15, -0.1) is 0 Å². The minimum atomic E-state index is 0.109. The second-order valence-electron chi connectivity index (χ2n) is 5.85. The highest BCUT2D eigenvalue weighted by Crippen LogP contribution is 2.27. The van der Waals surface area contributed by atoms with E-state index in [0.717, 1.165) is 36.3 Å². The Morgan fingerprint density at radius 3 is 2.75 bits per heavy atom. The van der Waals surface area contributed by atoms with Crippen LogP contribution in [0, 0.1) is 11.8 Å². The molecule has 0 aromatic heterocycles. The van der Waals surface area contributed by atoms with Crippen molar-refractivity contribution in [1.29, 1.82) is 0 Å². The van der Waals surface area contributed by atoms with Crippen molar-refractivity contribution >= 4 is 33.4 Å². The van der Waals surface area contributed by atoms with E-state index in [0.29, 0.717) is 16.5 Å². The van der Waals surface area contributed by atoms with Gasteiger partial charge in [-0.3, -0.25) is 4.79 Å². The first-order valence-corrected chi connectivity index (χ1v) is 8.40. The summed E-state index contributed by atoms with van der Waals surface area (Å²) in [5, 5.41) is 0.643. The molecule has 1 aromatic carbocycles. The molecule has 2 nitrogen and oxygen atoms in total. The Hall–Kier alpha value is -0.540. The number of rotatable bonds is 2. The van der Waals surface area contributed by atoms with Crippen LogP contribution in [0.5, 0.6) is 0 Å². The third-order valence-corrected chi connectivity index (χ3v) is 5.06. The maximum Gasteiger partial charge on any atom is 0.254 e. The highest BCUT2D eigenvalue weighted by atomic mass is 79.9. The van der Waals surface area contributed by atoms with E-state index < -0.39 is 0 Å². The lowest BCUT2D eigenvalue weighted by Crippen LogP contribution is -2.32. The molecule has 0 radical (unpaired) electrons. The van der Waals surface area contributed by atoms with E-state index in [1.54, 1.807) is 18.2 Å². The normalized spacial score (nSPS) is 20.1. The van der Waals surface area contributed by atoms with Crippen LogP contribution < -0.4 is 0 Å². The lowest BCUT2D eigenvalue weighted by Gasteiger charge is -2.22. The Balaban J connectivity index is 2.09. The van der Waals surface area contributed by atoms with Gasteiger partial charge in [-0.05, 0) is 65.2 Å². The van der Waals surface area contributed by atoms with E-state index >= 15 is 0 Å². The average molecular weight is 359 g/mol. The van der Waals surface area contributed by atoms with E-state index in [9.17, 15) is 4.79 Å². The summed E-state index contributed by atoms with van der Waals surface area (Å²) < 4.78 is 0.777. The van der Waals surface area contributed by atoms with Crippen molar-refractivity contribution < 1.29 is 4.79 Å². The van der Waals surface area contributed by atoms with Gasteiger partial charge in [0.2, 0.25) is 0 Å². The maximum absolute atomic E-state index is 12.6. The highest BCUT2D eigenvalue weighted by Gasteiger charge is 2.24. The van der Waals surface area contributed by atoms with E-state index in [4.69, 9.17) is 11.6 Å². The first-order chi connectivity index (χ1) is 9.49. The number of likely N-dealkylation sites (tertiary alicyclic amines) is 1. The number of benzene rings is 1. The summed E-state index contributed by atoms with van der Waals surface area (Å²) in [7, 11) is 0. The summed E-state index contributed by atoms with van der Waals surface area (Å²) in [5.74, 6) is 1.55. The summed E-state index contributed by atoms with van der Waals surface area (Å²) in [6.45, 7) is 6.27. The van der Waals surface area contributed by atoms with Crippen LogP contribution >= 0.6 is 27.5 Å². The number of nitrogens with zero attached hydrogens (tertiary/aromatic N) is 1. The van der Waals surface area contributed by atoms with Crippen LogP contribution in [-0.4, -0.2) is 23.9 Å². The predicted octanol–water partition coefficient (Wildman–Crippen LogP) is 5.00. The van der Waals surface area contributed by atoms with Crippen LogP contribution in [0.1, 0.15) is 43.5 Å². The molecule has 110 valence electrons. The third-order valence-electron chi connectivity index (χ3n) is 4.16. The Kier molecular flexibility index (Phi) is 5.50. The van der Waals surface area contributed by atoms with Crippen molar-refractivity contribution in [3.8, 4) is 0 Å². The van der Waals surface area contributed by atoms with E-state index in [-0.39, 0.29) is 5.91 Å². The lowest BCUT2D eigenvalue weighted by atomic mass is 9.89. The van der Waals surface area contributed by atoms with Gasteiger partial charge in [-0.25, -0.2) is 0 Å². The fraction of sp³-hybridized carbons (Fsp3) is 0.562. The molecule has 1 amide bonds. The van der Waals surface area contributed by atoms with E-state index in [1.165, 1.54) is 6.42 Å². The molecule has 1 aromatic rings. The van der Waals surface area contributed by atoms with Crippen molar-refractivity contribution in [2.24, 2.45) is 11.8 Å². The molecule has 4 heteroatoms. The molecule has 1 fully saturated rings. The topological polar surface area (TPSA) is 20.3 Å². The molecule has 1 heterocycles. The molecule has 20 heavy (non-hydrogen) atoms. The zero-order valence-electron chi connectivity index (χ0n) is 12.0. The second-order valence-corrected chi connectivity index (χ2v) is 7.14. The molecule has 1 atom stereocenters. The minimum absolute atomic E-state index is 0.109. The summed E-state index contributed by atoms with van der Waals surface area (Å²) in [5.41, 5.74) is 0.706. The molecule has 0 saturated carbocycles. The predicted molar refractivity (Wildman–Crippen MR) is 87.2 cm³/mol. The van der Waals surface area contributed by atoms with Crippen LogP contribution in [0.3, 0.4) is 0 Å². The van der Waals surface area contributed by atoms with Gasteiger partial charge in [-0.2, -0.15) is 0 Å². The number of carbonyl (C=O) groups excluding carboxylic acids is 1. The van der Waals surface area contributed by atoms with Crippen molar-refractivity contribution in [1.82, 2.24) is 4.90 Å². The maximum atomic E-state index is 12.6. The van der Waals surface area contributed by atoms with Crippen molar-refractivity contribution in [2.45, 2.75) is 33.1 Å². The van der Waals surface area contributed by atoms with Gasteiger partial charge < -0.3 is 4.90 Å². The summed E-state index contributed by atoms with van der Waals surface area (Å²) >= 11 is 9.37. The number of hydrogen-bond acceptors (Lipinski definition) is 1. The SMILES string of the molecule is CC(C)C1CCCN(C(=O)c2ccc(Cl)cc2Br)CC1. The molecule has 1 unspecified atom stereocenters. The molecular weight excluding hydrogens is 338 g/mol. The molecule has 0 N–H and O–H groups in total. The van der Waals surface area contributed by atoms with Gasteiger partial charge in [-0.1, -0.05) is 25.4 Å². The van der Waals surface area contributed by atoms with E-state index in [1.807, 2.05) is 4.90 Å². The first kappa shape index (κ1) is 15.8. The fourth-order valence-corrected chi connectivity index (χ4v) is 3.68. The van der Waals surface area contributed by atoms with Crippen LogP contribution in [0.4, 0.5) is 0 Å². The monoisotopic (exact) mass is 357 g/mol. The van der Waals surface area contributed by atoms with E-state index in [2.05, 4.69) is 29.8 Å². The lowest BCUT2D eigenvalue weighted by molar-refractivity contribution is 0.0758. The third kappa shape index (κ3) is 3.76. The largest absolute Gasteiger partial charge is 0.339 e. The molecule has 1 aliphatic rings. The van der Waals surface area contributed by atoms with Crippen molar-refractivity contribution in [3.05, 3.63) is 33.3 Å². The van der Waals surface area contributed by atoms with Gasteiger partial charge in [0, 0.05) is 22.6 Å². The molecular formula is C16H21BrClNO. The smallest absolute Gasteiger partial charge is 0.254 e. The fourth-order valence-electron chi connectivity index (χ4n) is 2.83. The van der Waals surface area contributed by atoms with Crippen LogP contribution in [-0.2, 0) is 0 Å². The molecule has 0 bridgehead atoms. The van der Waals surface area contributed by atoms with Gasteiger partial charge in [0.1, 0.15) is 0 Å². The minimum Gasteiger partial charge on any atom is -0.339 e. The molecule has 1 saturated heterocycles. The first-order valence-electron chi connectivity index (χ1n) is 7.23. The van der Waals surface area contributed by atoms with Crippen LogP contribution in [0.15, 0.2) is 22.7 Å². The number of amides is 1. The standard InChI is InChI=1S/C16H21BrClNO/c1-11(2)12-4-3-8-19(9-7-12)16(20)14-6-5-13(18)10-15(14)17/h5-6,10-12H,3-4,7-9H2,1-2H3. The van der Waals surface area contributed by atoms with Crippen molar-refractivity contribution in [3.63, 3.8) is 0 Å². The van der Waals surface area contributed by atoms with Gasteiger partial charge in [0.25, 0.3) is 5.91 Å². The average Bonchev–Trinajstić information content (AvgIpc) is 2.63. The van der Waals surface area contributed by atoms with Gasteiger partial charge in [0.05, 0.1) is 5.56 Å². The summed E-state index contributed by atoms with van der Waals surface area (Å²) in [6.07, 6.45) is 3.43.